The molecular formula is C39H22N4O2. The summed E-state index contributed by atoms with van der Waals surface area (Å²) in [6.07, 6.45) is 0. The quantitative estimate of drug-likeness (QED) is 0.205. The van der Waals surface area contributed by atoms with Gasteiger partial charge in [0.15, 0.2) is 17.2 Å². The van der Waals surface area contributed by atoms with Gasteiger partial charge in [0.1, 0.15) is 22.3 Å². The van der Waals surface area contributed by atoms with Crippen molar-refractivity contribution in [1.29, 1.82) is 0 Å². The van der Waals surface area contributed by atoms with Crippen molar-refractivity contribution in [1.82, 2.24) is 19.5 Å². The van der Waals surface area contributed by atoms with E-state index in [4.69, 9.17) is 36.1 Å². The van der Waals surface area contributed by atoms with E-state index in [2.05, 4.69) is 0 Å². The molecule has 0 saturated carbocycles. The van der Waals surface area contributed by atoms with Crippen LogP contribution in [0.2, 0.25) is 0 Å². The monoisotopic (exact) mass is 588 g/mol. The van der Waals surface area contributed by atoms with E-state index in [0.717, 1.165) is 10.8 Å². The second kappa shape index (κ2) is 9.11. The smallest absolute Gasteiger partial charge is 0.238 e. The molecule has 4 aromatic heterocycles. The third kappa shape index (κ3) is 3.53. The van der Waals surface area contributed by atoms with Gasteiger partial charge in [0, 0.05) is 43.4 Å². The lowest BCUT2D eigenvalue weighted by Crippen LogP contribution is -2.06. The van der Waals surface area contributed by atoms with Crippen LogP contribution >= 0.6 is 0 Å². The fraction of sp³-hybridized carbons (Fsp3) is 0. The van der Waals surface area contributed by atoms with Gasteiger partial charge in [-0.05, 0) is 42.4 Å². The number of rotatable bonds is 3. The maximum absolute atomic E-state index is 9.29. The van der Waals surface area contributed by atoms with E-state index in [1.807, 2.05) is 66.7 Å². The molecule has 10 rings (SSSR count). The number of furan rings is 2. The Bertz CT molecular complexity index is 3340. The minimum atomic E-state index is -0.561. The summed E-state index contributed by atoms with van der Waals surface area (Å²) in [5.41, 5.74) is 2.03. The zero-order chi connectivity index (χ0) is 38.2. The number of aromatic nitrogens is 4. The summed E-state index contributed by atoms with van der Waals surface area (Å²) in [4.78, 5) is 14.6. The van der Waals surface area contributed by atoms with Crippen molar-refractivity contribution < 1.29 is 22.5 Å². The summed E-state index contributed by atoms with van der Waals surface area (Å²) in [6, 6.07) is 17.2. The summed E-state index contributed by atoms with van der Waals surface area (Å²) in [6.45, 7) is 0. The van der Waals surface area contributed by atoms with Crippen molar-refractivity contribution in [2.75, 3.05) is 0 Å². The molecule has 0 unspecified atom stereocenters. The largest absolute Gasteiger partial charge is 0.456 e. The first kappa shape index (κ1) is 16.5. The van der Waals surface area contributed by atoms with Crippen LogP contribution in [0, 0.1) is 0 Å². The van der Waals surface area contributed by atoms with Crippen LogP contribution in [0.15, 0.2) is 142 Å². The number of hydrogen-bond acceptors (Lipinski definition) is 5. The number of fused-ring (bicyclic) bond motifs is 10. The van der Waals surface area contributed by atoms with Gasteiger partial charge in [-0.1, -0.05) is 90.8 Å². The molecule has 0 N–H and O–H groups in total. The molecule has 0 amide bonds. The molecule has 0 spiro atoms. The fourth-order valence-corrected chi connectivity index (χ4v) is 5.94. The molecule has 6 heteroatoms. The molecule has 6 nitrogen and oxygen atoms in total. The van der Waals surface area contributed by atoms with Gasteiger partial charge in [-0.15, -0.1) is 0 Å². The van der Waals surface area contributed by atoms with Crippen molar-refractivity contribution in [3.8, 4) is 28.7 Å². The maximum Gasteiger partial charge on any atom is 0.238 e. The lowest BCUT2D eigenvalue weighted by atomic mass is 10.1. The Labute approximate surface area is 269 Å². The van der Waals surface area contributed by atoms with Crippen LogP contribution in [0.1, 0.15) is 13.7 Å². The van der Waals surface area contributed by atoms with E-state index < -0.39 is 60.4 Å². The van der Waals surface area contributed by atoms with Gasteiger partial charge in [0.25, 0.3) is 0 Å². The average Bonchev–Trinajstić information content (AvgIpc) is 3.90. The highest BCUT2D eigenvalue weighted by Crippen LogP contribution is 2.40. The van der Waals surface area contributed by atoms with Gasteiger partial charge in [0.05, 0.1) is 19.2 Å². The van der Waals surface area contributed by atoms with Gasteiger partial charge in [-0.3, -0.25) is 4.57 Å². The first-order valence-electron chi connectivity index (χ1n) is 19.1. The third-order valence-electron chi connectivity index (χ3n) is 7.95. The minimum Gasteiger partial charge on any atom is -0.456 e. The van der Waals surface area contributed by atoms with Crippen molar-refractivity contribution in [2.45, 2.75) is 0 Å². The highest BCUT2D eigenvalue weighted by atomic mass is 16.3. The van der Waals surface area contributed by atoms with Crippen LogP contribution in [-0.2, 0) is 0 Å². The highest BCUT2D eigenvalue weighted by Gasteiger charge is 2.22. The topological polar surface area (TPSA) is 69.9 Å². The summed E-state index contributed by atoms with van der Waals surface area (Å²) in [5.74, 6) is 0.317. The fourth-order valence-electron chi connectivity index (χ4n) is 5.94. The Kier molecular flexibility index (Phi) is 3.35. The molecule has 6 aromatic carbocycles. The summed E-state index contributed by atoms with van der Waals surface area (Å²) >= 11 is 0. The summed E-state index contributed by atoms with van der Waals surface area (Å²) < 4.78 is 101. The molecule has 0 aliphatic heterocycles. The van der Waals surface area contributed by atoms with Gasteiger partial charge >= 0.3 is 0 Å². The Morgan fingerprint density at radius 1 is 0.511 bits per heavy atom. The maximum atomic E-state index is 9.29. The zero-order valence-corrected chi connectivity index (χ0v) is 23.0. The average molecular weight is 589 g/mol. The molecule has 0 fully saturated rings. The highest BCUT2D eigenvalue weighted by molar-refractivity contribution is 6.21. The minimum absolute atomic E-state index is 0.0153. The van der Waals surface area contributed by atoms with E-state index in [-0.39, 0.29) is 61.3 Å². The van der Waals surface area contributed by atoms with Crippen LogP contribution < -0.4 is 0 Å². The second-order valence-corrected chi connectivity index (χ2v) is 10.5. The van der Waals surface area contributed by atoms with Crippen LogP contribution in [-0.4, -0.2) is 19.5 Å². The molecule has 210 valence electrons. The van der Waals surface area contributed by atoms with Crippen molar-refractivity contribution >= 4 is 65.7 Å². The lowest BCUT2D eigenvalue weighted by Gasteiger charge is -2.11. The third-order valence-corrected chi connectivity index (χ3v) is 7.95. The number of hydrogen-bond donors (Lipinski definition) is 0. The van der Waals surface area contributed by atoms with E-state index in [9.17, 15) is 1.37 Å². The lowest BCUT2D eigenvalue weighted by molar-refractivity contribution is 0.669. The molecule has 45 heavy (non-hydrogen) atoms. The number of nitrogens with zero attached hydrogens (tertiary/aromatic N) is 4. The first-order valence-corrected chi connectivity index (χ1v) is 14.1. The molecule has 10 aromatic rings. The SMILES string of the molecule is [2H]c1c([2H])c([2H])c2c(oc3c2c([2H])c([2H])c2c4c([2H])c([2H])c([2H])c([2H])c4n(-c4nc(-c5ccccc5)nc(-c5ccc6oc7ccccc7c6c5)n4)c32)c1[2H]. The van der Waals surface area contributed by atoms with Gasteiger partial charge in [0.2, 0.25) is 5.95 Å². The zero-order valence-electron chi connectivity index (χ0n) is 33.0. The second-order valence-electron chi connectivity index (χ2n) is 10.5. The van der Waals surface area contributed by atoms with E-state index in [1.54, 1.807) is 6.07 Å². The van der Waals surface area contributed by atoms with Crippen molar-refractivity contribution in [3.05, 3.63) is 133 Å². The van der Waals surface area contributed by atoms with Crippen LogP contribution in [0.3, 0.4) is 0 Å². The molecular weight excluding hydrogens is 556 g/mol. The van der Waals surface area contributed by atoms with Crippen LogP contribution in [0.5, 0.6) is 0 Å². The van der Waals surface area contributed by atoms with E-state index in [0.29, 0.717) is 22.3 Å². The molecule has 0 radical (unpaired) electrons. The van der Waals surface area contributed by atoms with Gasteiger partial charge < -0.3 is 8.83 Å². The number of benzene rings is 6. The van der Waals surface area contributed by atoms with Crippen molar-refractivity contribution in [2.24, 2.45) is 0 Å². The van der Waals surface area contributed by atoms with Crippen LogP contribution in [0.25, 0.3) is 94.4 Å². The Morgan fingerprint density at radius 3 is 2.16 bits per heavy atom. The molecule has 0 aliphatic carbocycles. The first-order chi connectivity index (χ1) is 26.5. The number of para-hydroxylation sites is 3. The van der Waals surface area contributed by atoms with E-state index >= 15 is 0 Å². The van der Waals surface area contributed by atoms with Gasteiger partial charge in [-0.25, -0.2) is 4.98 Å². The molecule has 0 atom stereocenters. The normalized spacial score (nSPS) is 15.1. The Hall–Kier alpha value is -6.27. The predicted octanol–water partition coefficient (Wildman–Crippen LogP) is 10.1. The molecule has 0 saturated heterocycles. The molecule has 0 aliphatic rings. The molecule has 0 bridgehead atoms. The van der Waals surface area contributed by atoms with E-state index in [1.165, 1.54) is 4.57 Å². The van der Waals surface area contributed by atoms with Crippen LogP contribution in [0.4, 0.5) is 0 Å². The summed E-state index contributed by atoms with van der Waals surface area (Å²) in [5, 5.41) is 1.34. The molecule has 4 heterocycles. The van der Waals surface area contributed by atoms with Crippen molar-refractivity contribution in [3.63, 3.8) is 0 Å². The summed E-state index contributed by atoms with van der Waals surface area (Å²) in [7, 11) is 0. The standard InChI is InChI=1S/C39H22N4O2/c1-2-10-23(11-3-1)37-40-38(24-18-21-34-30(22-24)27-14-6-8-16-32(27)44-34)42-39(41-37)43-31-15-7-4-12-25(31)28-19-20-29-26-13-5-9-17-33(26)45-36(29)35(28)43/h1-22H/i4D,5D,7D,9D,12D,13D,15D,17D,19D,20D. The Balaban J connectivity index is 1.41. The Morgan fingerprint density at radius 2 is 1.24 bits per heavy atom. The van der Waals surface area contributed by atoms with Gasteiger partial charge in [-0.2, -0.15) is 9.97 Å². The predicted molar refractivity (Wildman–Crippen MR) is 180 cm³/mol.